The minimum Gasteiger partial charge on any atom is -0.444 e. The van der Waals surface area contributed by atoms with E-state index in [9.17, 15) is 28.8 Å². The summed E-state index contributed by atoms with van der Waals surface area (Å²) in [6.07, 6.45) is 2.72. The number of alkyl carbamates (subject to hydrolysis) is 1. The van der Waals surface area contributed by atoms with Crippen LogP contribution in [-0.4, -0.2) is 77.2 Å². The number of carbonyl (C=O) groups is 6. The molecule has 4 N–H and O–H groups in total. The first-order valence-corrected chi connectivity index (χ1v) is 16.2. The highest BCUT2D eigenvalue weighted by Crippen LogP contribution is 2.26. The number of Topliss-reactive ketones (excluding diaryl/α,β-unsaturated/α-hetero) is 1. The first-order valence-electron chi connectivity index (χ1n) is 16.2. The van der Waals surface area contributed by atoms with Crippen LogP contribution in [0.25, 0.3) is 0 Å². The summed E-state index contributed by atoms with van der Waals surface area (Å²) in [5.74, 6) is -3.52. The fourth-order valence-corrected chi connectivity index (χ4v) is 4.58. The van der Waals surface area contributed by atoms with Gasteiger partial charge in [-0.25, -0.2) is 4.79 Å². The number of nitrogens with zero attached hydrogens (tertiary/aromatic N) is 1. The summed E-state index contributed by atoms with van der Waals surface area (Å²) in [4.78, 5) is 78.7. The standard InChI is InChI=1S/C32H47N5O7.C3H8/c1-9-11-22(25(39)28(41)34-19-24(38)33-18-21-15-13-20(2)14-16-21)35-27(40)23-12-10-17-37(23)29(42)26(31(3,4)5)36-30(43)44-32(6,7)8;1-3-2/h9,13-16,22-23,26H,1,10-12,17-19H2,2-8H3,(H,33,38)(H,34,41)(H,35,40)(H,36,43);3H2,1-2H3/t22?,23-,26+;/m0./s1. The zero-order chi connectivity index (χ0) is 35.9. The van der Waals surface area contributed by atoms with E-state index < -0.39 is 71.2 Å². The first-order chi connectivity index (χ1) is 21.8. The number of likely N-dealkylation sites (tertiary alicyclic amines) is 1. The van der Waals surface area contributed by atoms with Crippen molar-refractivity contribution < 1.29 is 33.5 Å². The molecule has 2 rings (SSSR count). The van der Waals surface area contributed by atoms with Crippen molar-refractivity contribution >= 4 is 35.5 Å². The molecule has 12 nitrogen and oxygen atoms in total. The van der Waals surface area contributed by atoms with Crippen molar-refractivity contribution in [3.8, 4) is 0 Å². The number of carbonyl (C=O) groups excluding carboxylic acids is 6. The van der Waals surface area contributed by atoms with E-state index in [0.29, 0.717) is 12.8 Å². The molecule has 1 aromatic carbocycles. The van der Waals surface area contributed by atoms with Gasteiger partial charge in [0.15, 0.2) is 0 Å². The van der Waals surface area contributed by atoms with Gasteiger partial charge in [-0.2, -0.15) is 0 Å². The van der Waals surface area contributed by atoms with E-state index >= 15 is 0 Å². The predicted octanol–water partition coefficient (Wildman–Crippen LogP) is 3.70. The lowest BCUT2D eigenvalue weighted by molar-refractivity contribution is -0.144. The summed E-state index contributed by atoms with van der Waals surface area (Å²) in [5, 5.41) is 10.2. The topological polar surface area (TPSA) is 163 Å². The minimum atomic E-state index is -1.24. The molecule has 12 heteroatoms. The fourth-order valence-electron chi connectivity index (χ4n) is 4.58. The SMILES string of the molecule is C=CCC(NC(=O)[C@@H]1CCCN1C(=O)[C@@H](NC(=O)OC(C)(C)C)C(C)(C)C)C(=O)C(=O)NCC(=O)NCc1ccc(C)cc1.CCC. The van der Waals surface area contributed by atoms with Gasteiger partial charge in [0.2, 0.25) is 23.5 Å². The number of aryl methyl sites for hydroxylation is 1. The van der Waals surface area contributed by atoms with Crippen LogP contribution in [0.15, 0.2) is 36.9 Å². The maximum Gasteiger partial charge on any atom is 0.408 e. The number of ketones is 1. The molecule has 1 fully saturated rings. The van der Waals surface area contributed by atoms with Crippen molar-refractivity contribution in [2.24, 2.45) is 5.41 Å². The number of hydrogen-bond acceptors (Lipinski definition) is 7. The Balaban J connectivity index is 0.00000354. The summed E-state index contributed by atoms with van der Waals surface area (Å²) < 4.78 is 5.34. The monoisotopic (exact) mass is 657 g/mol. The highest BCUT2D eigenvalue weighted by molar-refractivity contribution is 6.38. The number of hydrogen-bond donors (Lipinski definition) is 4. The van der Waals surface area contributed by atoms with Crippen LogP contribution in [0.1, 0.15) is 92.2 Å². The predicted molar refractivity (Wildman–Crippen MR) is 181 cm³/mol. The van der Waals surface area contributed by atoms with Gasteiger partial charge in [-0.1, -0.05) is 76.9 Å². The average molecular weight is 658 g/mol. The van der Waals surface area contributed by atoms with Crippen LogP contribution >= 0.6 is 0 Å². The molecule has 1 aliphatic heterocycles. The molecule has 0 radical (unpaired) electrons. The zero-order valence-corrected chi connectivity index (χ0v) is 29.6. The molecule has 1 aromatic rings. The third kappa shape index (κ3) is 14.4. The van der Waals surface area contributed by atoms with Crippen molar-refractivity contribution in [1.29, 1.82) is 0 Å². The van der Waals surface area contributed by atoms with Gasteiger partial charge in [0, 0.05) is 13.1 Å². The molecule has 1 aliphatic rings. The molecule has 0 aromatic heterocycles. The van der Waals surface area contributed by atoms with Crippen molar-refractivity contribution in [2.45, 2.75) is 118 Å². The van der Waals surface area contributed by atoms with Crippen LogP contribution < -0.4 is 21.3 Å². The van der Waals surface area contributed by atoms with E-state index in [0.717, 1.165) is 11.1 Å². The Labute approximate surface area is 279 Å². The second kappa shape index (κ2) is 18.8. The molecule has 0 saturated carbocycles. The Bertz CT molecular complexity index is 1250. The maximum absolute atomic E-state index is 13.7. The normalized spacial score (nSPS) is 15.6. The summed E-state index contributed by atoms with van der Waals surface area (Å²) in [7, 11) is 0. The first kappa shape index (κ1) is 40.8. The van der Waals surface area contributed by atoms with Gasteiger partial charge in [-0.05, 0) is 57.9 Å². The molecule has 0 bridgehead atoms. The van der Waals surface area contributed by atoms with E-state index in [4.69, 9.17) is 4.74 Å². The zero-order valence-electron chi connectivity index (χ0n) is 29.6. The Morgan fingerprint density at radius 2 is 1.57 bits per heavy atom. The Hall–Kier alpha value is -4.22. The number of ether oxygens (including phenoxy) is 1. The molecule has 5 amide bonds. The second-order valence-electron chi connectivity index (χ2n) is 13.7. The van der Waals surface area contributed by atoms with Gasteiger partial charge in [0.25, 0.3) is 5.91 Å². The Morgan fingerprint density at radius 3 is 2.11 bits per heavy atom. The van der Waals surface area contributed by atoms with Gasteiger partial charge < -0.3 is 30.9 Å². The molecule has 1 heterocycles. The fraction of sp³-hybridized carbons (Fsp3) is 0.600. The van der Waals surface area contributed by atoms with Crippen molar-refractivity contribution in [3.63, 3.8) is 0 Å². The van der Waals surface area contributed by atoms with Gasteiger partial charge >= 0.3 is 6.09 Å². The third-order valence-electron chi connectivity index (χ3n) is 6.89. The Kier molecular flexibility index (Phi) is 16.3. The molecule has 1 unspecified atom stereocenters. The Morgan fingerprint density at radius 1 is 0.979 bits per heavy atom. The van der Waals surface area contributed by atoms with Crippen molar-refractivity contribution in [2.75, 3.05) is 13.1 Å². The minimum absolute atomic E-state index is 0.0386. The van der Waals surface area contributed by atoms with Crippen molar-refractivity contribution in [3.05, 3.63) is 48.0 Å². The van der Waals surface area contributed by atoms with Crippen LogP contribution in [0.2, 0.25) is 0 Å². The summed E-state index contributed by atoms with van der Waals surface area (Å²) in [6, 6.07) is 4.44. The van der Waals surface area contributed by atoms with E-state index in [-0.39, 0.29) is 19.5 Å². The summed E-state index contributed by atoms with van der Waals surface area (Å²) >= 11 is 0. The van der Waals surface area contributed by atoms with Crippen LogP contribution in [0.4, 0.5) is 4.79 Å². The smallest absolute Gasteiger partial charge is 0.408 e. The van der Waals surface area contributed by atoms with Gasteiger partial charge in [0.05, 0.1) is 6.54 Å². The summed E-state index contributed by atoms with van der Waals surface area (Å²) in [5.41, 5.74) is 0.497. The molecule has 1 saturated heterocycles. The number of benzene rings is 1. The largest absolute Gasteiger partial charge is 0.444 e. The number of nitrogens with one attached hydrogen (secondary N) is 4. The van der Waals surface area contributed by atoms with Gasteiger partial charge in [-0.3, -0.25) is 24.0 Å². The highest BCUT2D eigenvalue weighted by Gasteiger charge is 2.43. The molecule has 262 valence electrons. The molecule has 47 heavy (non-hydrogen) atoms. The van der Waals surface area contributed by atoms with Gasteiger partial charge in [0.1, 0.15) is 23.7 Å². The maximum atomic E-state index is 13.7. The number of rotatable bonds is 12. The van der Waals surface area contributed by atoms with Crippen LogP contribution in [0.5, 0.6) is 0 Å². The summed E-state index contributed by atoms with van der Waals surface area (Å²) in [6.45, 7) is 20.4. The lowest BCUT2D eigenvalue weighted by atomic mass is 9.85. The molecule has 0 aliphatic carbocycles. The van der Waals surface area contributed by atoms with E-state index in [1.165, 1.54) is 17.4 Å². The van der Waals surface area contributed by atoms with E-state index in [1.807, 2.05) is 31.2 Å². The molecular weight excluding hydrogens is 602 g/mol. The van der Waals surface area contributed by atoms with Crippen LogP contribution in [0, 0.1) is 12.3 Å². The van der Waals surface area contributed by atoms with Crippen LogP contribution in [0.3, 0.4) is 0 Å². The van der Waals surface area contributed by atoms with Crippen molar-refractivity contribution in [1.82, 2.24) is 26.2 Å². The highest BCUT2D eigenvalue weighted by atomic mass is 16.6. The molecule has 0 spiro atoms. The average Bonchev–Trinajstić information content (AvgIpc) is 3.47. The quantitative estimate of drug-likeness (QED) is 0.197. The van der Waals surface area contributed by atoms with E-state index in [1.54, 1.807) is 41.5 Å². The van der Waals surface area contributed by atoms with E-state index in [2.05, 4.69) is 41.7 Å². The molecule has 3 atom stereocenters. The number of amides is 5. The third-order valence-corrected chi connectivity index (χ3v) is 6.89. The lowest BCUT2D eigenvalue weighted by Crippen LogP contribution is -2.59. The second-order valence-corrected chi connectivity index (χ2v) is 13.7. The molecular formula is C35H55N5O7. The van der Waals surface area contributed by atoms with Crippen LogP contribution in [-0.2, 0) is 35.3 Å². The van der Waals surface area contributed by atoms with Gasteiger partial charge in [-0.15, -0.1) is 6.58 Å². The lowest BCUT2D eigenvalue weighted by Gasteiger charge is -2.36.